The summed E-state index contributed by atoms with van der Waals surface area (Å²) in [6.07, 6.45) is 5.62. The molecule has 0 amide bonds. The molecule has 0 aliphatic carbocycles. The van der Waals surface area contributed by atoms with E-state index in [9.17, 15) is 0 Å². The summed E-state index contributed by atoms with van der Waals surface area (Å²) in [4.78, 5) is 5.14. The summed E-state index contributed by atoms with van der Waals surface area (Å²) in [6.45, 7) is 29.0. The second kappa shape index (κ2) is 13.3. The predicted octanol–water partition coefficient (Wildman–Crippen LogP) is 4.60. The second-order valence-electron chi connectivity index (χ2n) is 8.31. The lowest BCUT2D eigenvalue weighted by Gasteiger charge is -2.30. The van der Waals surface area contributed by atoms with Crippen LogP contribution in [0.15, 0.2) is 12.4 Å². The first kappa shape index (κ1) is 26.1. The molecule has 0 unspecified atom stereocenters. The van der Waals surface area contributed by atoms with Crippen LogP contribution in [0.5, 0.6) is 0 Å². The van der Waals surface area contributed by atoms with Crippen LogP contribution in [0.3, 0.4) is 0 Å². The van der Waals surface area contributed by atoms with Crippen molar-refractivity contribution in [2.75, 3.05) is 13.1 Å². The van der Waals surface area contributed by atoms with Gasteiger partial charge in [0.15, 0.2) is 0 Å². The SMILES string of the molecule is CC.CCc1n(CCN(C(C)C)C(C)C)cc[n+]1CCN(C(C)C)C(C)C. The molecule has 1 heterocycles. The highest BCUT2D eigenvalue weighted by Crippen LogP contribution is 2.07. The average Bonchev–Trinajstić information content (AvgIpc) is 2.97. The van der Waals surface area contributed by atoms with Gasteiger partial charge in [0.25, 0.3) is 5.82 Å². The smallest absolute Gasteiger partial charge is 0.256 e. The molecule has 0 atom stereocenters. The van der Waals surface area contributed by atoms with Crippen LogP contribution in [0.1, 0.15) is 82.0 Å². The highest BCUT2D eigenvalue weighted by atomic mass is 15.2. The van der Waals surface area contributed by atoms with Gasteiger partial charge in [-0.05, 0) is 55.4 Å². The number of imidazole rings is 1. The van der Waals surface area contributed by atoms with Crippen molar-refractivity contribution in [1.29, 1.82) is 0 Å². The summed E-state index contributed by atoms with van der Waals surface area (Å²) in [5.41, 5.74) is 0. The maximum Gasteiger partial charge on any atom is 0.256 e. The summed E-state index contributed by atoms with van der Waals surface area (Å²) in [6, 6.07) is 2.38. The zero-order valence-electron chi connectivity index (χ0n) is 20.3. The van der Waals surface area contributed by atoms with Gasteiger partial charge in [0.05, 0.1) is 0 Å². The standard InChI is InChI=1S/C21H43N4.C2H6/c1-10-21-22(13-15-24(17(2)3)18(4)5)11-12-23(21)14-16-25(19(6)7)20(8)9;1-2/h11-12,17-20H,10,13-16H2,1-9H3;1-2H3/q+1;. The summed E-state index contributed by atoms with van der Waals surface area (Å²) in [5, 5.41) is 0. The molecule has 0 aliphatic heterocycles. The van der Waals surface area contributed by atoms with Crippen LogP contribution in [0, 0.1) is 0 Å². The number of hydrogen-bond donors (Lipinski definition) is 0. The third-order valence-electron chi connectivity index (χ3n) is 5.26. The quantitative estimate of drug-likeness (QED) is 0.520. The molecule has 4 nitrogen and oxygen atoms in total. The normalized spacial score (nSPS) is 12.0. The fraction of sp³-hybridized carbons (Fsp3) is 0.870. The van der Waals surface area contributed by atoms with Crippen molar-refractivity contribution in [2.45, 2.75) is 120 Å². The van der Waals surface area contributed by atoms with Gasteiger partial charge in [-0.2, -0.15) is 0 Å². The van der Waals surface area contributed by atoms with Crippen LogP contribution in [0.4, 0.5) is 0 Å². The van der Waals surface area contributed by atoms with Gasteiger partial charge in [-0.3, -0.25) is 9.80 Å². The molecule has 0 saturated heterocycles. The topological polar surface area (TPSA) is 15.3 Å². The Hall–Kier alpha value is -0.870. The van der Waals surface area contributed by atoms with Gasteiger partial charge in [0, 0.05) is 43.7 Å². The van der Waals surface area contributed by atoms with Gasteiger partial charge in [-0.25, -0.2) is 9.13 Å². The first-order valence-corrected chi connectivity index (χ1v) is 11.3. The molecule has 0 fully saturated rings. The third kappa shape index (κ3) is 8.35. The van der Waals surface area contributed by atoms with Crippen LogP contribution < -0.4 is 4.57 Å². The lowest BCUT2D eigenvalue weighted by atomic mass is 10.2. The highest BCUT2D eigenvalue weighted by molar-refractivity contribution is 4.84. The summed E-state index contributed by atoms with van der Waals surface area (Å²) in [7, 11) is 0. The highest BCUT2D eigenvalue weighted by Gasteiger charge is 2.20. The molecule has 0 aliphatic rings. The summed E-state index contributed by atoms with van der Waals surface area (Å²) >= 11 is 0. The molecule has 0 aromatic carbocycles. The molecule has 160 valence electrons. The Kier molecular flexibility index (Phi) is 12.9. The van der Waals surface area contributed by atoms with E-state index in [1.54, 1.807) is 0 Å². The molecular weight excluding hydrogens is 332 g/mol. The van der Waals surface area contributed by atoms with E-state index >= 15 is 0 Å². The first-order valence-electron chi connectivity index (χ1n) is 11.3. The number of hydrogen-bond acceptors (Lipinski definition) is 2. The zero-order valence-corrected chi connectivity index (χ0v) is 20.3. The summed E-state index contributed by atoms with van der Waals surface area (Å²) < 4.78 is 4.90. The monoisotopic (exact) mass is 381 g/mol. The van der Waals surface area contributed by atoms with E-state index < -0.39 is 0 Å². The van der Waals surface area contributed by atoms with Gasteiger partial charge >= 0.3 is 0 Å². The molecular formula is C23H49N4+. The first-order chi connectivity index (χ1) is 12.7. The van der Waals surface area contributed by atoms with E-state index in [1.165, 1.54) is 5.82 Å². The minimum atomic E-state index is 0.596. The number of aromatic nitrogens is 2. The van der Waals surface area contributed by atoms with Gasteiger partial charge in [-0.15, -0.1) is 0 Å². The molecule has 27 heavy (non-hydrogen) atoms. The van der Waals surface area contributed by atoms with Crippen molar-refractivity contribution >= 4 is 0 Å². The van der Waals surface area contributed by atoms with Gasteiger partial charge < -0.3 is 0 Å². The number of nitrogens with zero attached hydrogens (tertiary/aromatic N) is 4. The molecule has 0 radical (unpaired) electrons. The molecule has 0 bridgehead atoms. The Morgan fingerprint density at radius 3 is 1.67 bits per heavy atom. The molecule has 1 aromatic heterocycles. The predicted molar refractivity (Wildman–Crippen MR) is 119 cm³/mol. The number of rotatable bonds is 11. The van der Waals surface area contributed by atoms with Crippen LogP contribution in [-0.4, -0.2) is 51.6 Å². The maximum absolute atomic E-state index is 2.57. The van der Waals surface area contributed by atoms with E-state index in [1.807, 2.05) is 13.8 Å². The van der Waals surface area contributed by atoms with Crippen molar-refractivity contribution in [3.63, 3.8) is 0 Å². The van der Waals surface area contributed by atoms with Gasteiger partial charge in [-0.1, -0.05) is 20.8 Å². The fourth-order valence-electron chi connectivity index (χ4n) is 3.98. The Morgan fingerprint density at radius 1 is 0.815 bits per heavy atom. The van der Waals surface area contributed by atoms with E-state index in [-0.39, 0.29) is 0 Å². The molecule has 0 spiro atoms. The van der Waals surface area contributed by atoms with E-state index in [2.05, 4.69) is 93.6 Å². The second-order valence-corrected chi connectivity index (χ2v) is 8.31. The van der Waals surface area contributed by atoms with Crippen molar-refractivity contribution in [3.8, 4) is 0 Å². The zero-order chi connectivity index (χ0) is 21.1. The van der Waals surface area contributed by atoms with Gasteiger partial charge in [0.2, 0.25) is 0 Å². The minimum absolute atomic E-state index is 0.596. The molecule has 4 heteroatoms. The largest absolute Gasteiger partial charge is 0.295 e. The lowest BCUT2D eigenvalue weighted by molar-refractivity contribution is -0.703. The molecule has 1 rings (SSSR count). The van der Waals surface area contributed by atoms with Crippen LogP contribution in [0.25, 0.3) is 0 Å². The maximum atomic E-state index is 2.57. The molecule has 1 aromatic rings. The summed E-state index contributed by atoms with van der Waals surface area (Å²) in [5.74, 6) is 1.44. The Balaban J connectivity index is 0.00000326. The van der Waals surface area contributed by atoms with Crippen LogP contribution >= 0.6 is 0 Å². The lowest BCUT2D eigenvalue weighted by Crippen LogP contribution is -2.47. The molecule has 0 N–H and O–H groups in total. The molecule has 0 saturated carbocycles. The van der Waals surface area contributed by atoms with Crippen molar-refractivity contribution in [1.82, 2.24) is 14.4 Å². The Labute approximate surface area is 170 Å². The van der Waals surface area contributed by atoms with E-state index in [0.29, 0.717) is 24.2 Å². The van der Waals surface area contributed by atoms with Crippen LogP contribution in [0.2, 0.25) is 0 Å². The van der Waals surface area contributed by atoms with Crippen molar-refractivity contribution in [3.05, 3.63) is 18.2 Å². The minimum Gasteiger partial charge on any atom is -0.295 e. The van der Waals surface area contributed by atoms with Crippen LogP contribution in [-0.2, 0) is 19.5 Å². The fourth-order valence-corrected chi connectivity index (χ4v) is 3.98. The average molecular weight is 382 g/mol. The Morgan fingerprint density at radius 2 is 1.26 bits per heavy atom. The van der Waals surface area contributed by atoms with Crippen molar-refractivity contribution < 1.29 is 4.57 Å². The third-order valence-corrected chi connectivity index (χ3v) is 5.26. The van der Waals surface area contributed by atoms with Gasteiger partial charge in [0.1, 0.15) is 25.5 Å². The Bertz CT molecular complexity index is 431. The van der Waals surface area contributed by atoms with E-state index in [4.69, 9.17) is 0 Å². The van der Waals surface area contributed by atoms with E-state index in [0.717, 1.165) is 32.6 Å². The van der Waals surface area contributed by atoms with Crippen molar-refractivity contribution in [2.24, 2.45) is 0 Å².